The first-order valence-electron chi connectivity index (χ1n) is 6.08. The van der Waals surface area contributed by atoms with Crippen molar-refractivity contribution in [1.82, 2.24) is 9.97 Å². The number of aromatic nitrogens is 2. The van der Waals surface area contributed by atoms with Crippen LogP contribution in [0.2, 0.25) is 0 Å². The molecule has 1 fully saturated rings. The zero-order valence-electron chi connectivity index (χ0n) is 10.3. The van der Waals surface area contributed by atoms with Crippen molar-refractivity contribution < 1.29 is 4.74 Å². The number of H-pyrrole nitrogens is 1. The van der Waals surface area contributed by atoms with Crippen molar-refractivity contribution in [2.45, 2.75) is 38.7 Å². The summed E-state index contributed by atoms with van der Waals surface area (Å²) < 4.78 is 5.38. The van der Waals surface area contributed by atoms with Gasteiger partial charge in [0, 0.05) is 7.11 Å². The minimum atomic E-state index is -0.128. The molecule has 0 amide bonds. The lowest BCUT2D eigenvalue weighted by atomic mass is 10.1. The van der Waals surface area contributed by atoms with E-state index in [4.69, 9.17) is 10.5 Å². The highest BCUT2D eigenvalue weighted by atomic mass is 16.5. The molecule has 0 spiro atoms. The van der Waals surface area contributed by atoms with Crippen molar-refractivity contribution >= 4 is 5.82 Å². The molecule has 17 heavy (non-hydrogen) atoms. The molecule has 2 rings (SSSR count). The highest BCUT2D eigenvalue weighted by Gasteiger charge is 2.34. The van der Waals surface area contributed by atoms with Gasteiger partial charge < -0.3 is 15.5 Å². The van der Waals surface area contributed by atoms with Crippen molar-refractivity contribution in [1.29, 1.82) is 0 Å². The summed E-state index contributed by atoms with van der Waals surface area (Å²) in [7, 11) is 1.64. The first-order valence-corrected chi connectivity index (χ1v) is 6.08. The molecule has 0 bridgehead atoms. The summed E-state index contributed by atoms with van der Waals surface area (Å²) in [4.78, 5) is 19.0. The number of nitrogens with one attached hydrogen (secondary N) is 1. The first-order chi connectivity index (χ1) is 8.17. The molecule has 0 radical (unpaired) electrons. The van der Waals surface area contributed by atoms with E-state index in [0.717, 1.165) is 19.3 Å². The zero-order valence-corrected chi connectivity index (χ0v) is 10.3. The Bertz CT molecular complexity index is 452. The number of aromatic amines is 1. The Kier molecular flexibility index (Phi) is 3.47. The summed E-state index contributed by atoms with van der Waals surface area (Å²) in [6.07, 6.45) is 3.67. The van der Waals surface area contributed by atoms with E-state index in [9.17, 15) is 4.79 Å². The lowest BCUT2D eigenvalue weighted by Crippen LogP contribution is -2.22. The van der Waals surface area contributed by atoms with Gasteiger partial charge in [0.15, 0.2) is 0 Å². The van der Waals surface area contributed by atoms with E-state index in [2.05, 4.69) is 9.97 Å². The van der Waals surface area contributed by atoms with Gasteiger partial charge >= 0.3 is 0 Å². The second kappa shape index (κ2) is 4.87. The molecule has 1 aromatic rings. The predicted molar refractivity (Wildman–Crippen MR) is 65.7 cm³/mol. The molecule has 1 atom stereocenters. The van der Waals surface area contributed by atoms with Crippen LogP contribution < -0.4 is 11.3 Å². The van der Waals surface area contributed by atoms with Crippen LogP contribution in [0.1, 0.15) is 43.7 Å². The van der Waals surface area contributed by atoms with Crippen LogP contribution in [0.4, 0.5) is 5.82 Å². The third-order valence-corrected chi connectivity index (χ3v) is 3.14. The zero-order chi connectivity index (χ0) is 12.4. The molecule has 3 N–H and O–H groups in total. The fourth-order valence-corrected chi connectivity index (χ4v) is 2.09. The average molecular weight is 237 g/mol. The van der Waals surface area contributed by atoms with Gasteiger partial charge in [-0.2, -0.15) is 0 Å². The molecule has 1 unspecified atom stereocenters. The number of methoxy groups -OCH3 is 1. The van der Waals surface area contributed by atoms with Gasteiger partial charge in [0.05, 0.1) is 5.56 Å². The number of hydrogen-bond donors (Lipinski definition) is 2. The van der Waals surface area contributed by atoms with Gasteiger partial charge in [-0.05, 0) is 25.2 Å². The molecule has 1 aliphatic rings. The number of ether oxygens (including phenoxy) is 1. The highest BCUT2D eigenvalue weighted by Crippen LogP contribution is 2.41. The van der Waals surface area contributed by atoms with Crippen LogP contribution in [0, 0.1) is 5.92 Å². The minimum absolute atomic E-state index is 0.124. The number of rotatable bonds is 5. The Morgan fingerprint density at radius 1 is 1.59 bits per heavy atom. The van der Waals surface area contributed by atoms with Gasteiger partial charge in [0.1, 0.15) is 17.7 Å². The molecule has 94 valence electrons. The first kappa shape index (κ1) is 12.1. The molecule has 0 saturated heterocycles. The topological polar surface area (TPSA) is 81.0 Å². The maximum atomic E-state index is 11.9. The van der Waals surface area contributed by atoms with Crippen LogP contribution in [0.3, 0.4) is 0 Å². The molecule has 0 aliphatic heterocycles. The van der Waals surface area contributed by atoms with Crippen LogP contribution in [-0.4, -0.2) is 17.1 Å². The van der Waals surface area contributed by atoms with Gasteiger partial charge in [-0.3, -0.25) is 4.79 Å². The van der Waals surface area contributed by atoms with Gasteiger partial charge in [-0.15, -0.1) is 0 Å². The van der Waals surface area contributed by atoms with E-state index in [1.165, 1.54) is 0 Å². The molecule has 1 aromatic heterocycles. The molecule has 1 aliphatic carbocycles. The smallest absolute Gasteiger partial charge is 0.256 e. The summed E-state index contributed by atoms with van der Waals surface area (Å²) in [5.74, 6) is 1.38. The predicted octanol–water partition coefficient (Wildman–Crippen LogP) is 1.40. The average Bonchev–Trinajstić information content (AvgIpc) is 3.09. The lowest BCUT2D eigenvalue weighted by Gasteiger charge is -2.14. The highest BCUT2D eigenvalue weighted by molar-refractivity contribution is 5.38. The Morgan fingerprint density at radius 2 is 2.29 bits per heavy atom. The van der Waals surface area contributed by atoms with Crippen LogP contribution in [0.15, 0.2) is 4.79 Å². The van der Waals surface area contributed by atoms with Crippen molar-refractivity contribution in [3.8, 4) is 0 Å². The molecule has 1 saturated carbocycles. The fourth-order valence-electron chi connectivity index (χ4n) is 2.09. The van der Waals surface area contributed by atoms with E-state index >= 15 is 0 Å². The number of hydrogen-bond acceptors (Lipinski definition) is 4. The number of nitrogens with zero attached hydrogens (tertiary/aromatic N) is 1. The summed E-state index contributed by atoms with van der Waals surface area (Å²) in [6, 6.07) is 0. The van der Waals surface area contributed by atoms with Crippen LogP contribution in [0.5, 0.6) is 0 Å². The van der Waals surface area contributed by atoms with Crippen LogP contribution in [0.25, 0.3) is 0 Å². The summed E-state index contributed by atoms with van der Waals surface area (Å²) >= 11 is 0. The van der Waals surface area contributed by atoms with E-state index in [0.29, 0.717) is 29.5 Å². The van der Waals surface area contributed by atoms with E-state index in [-0.39, 0.29) is 11.7 Å². The standard InChI is InChI=1S/C12H19N3O2/c1-3-4-8-10(13)14-11(15-12(8)16)9(17-2)7-5-6-7/h7,9H,3-6H2,1-2H3,(H3,13,14,15,16). The van der Waals surface area contributed by atoms with Crippen molar-refractivity contribution in [2.24, 2.45) is 5.92 Å². The van der Waals surface area contributed by atoms with Gasteiger partial charge in [-0.25, -0.2) is 4.98 Å². The number of anilines is 1. The maximum Gasteiger partial charge on any atom is 0.256 e. The normalized spacial score (nSPS) is 17.1. The van der Waals surface area contributed by atoms with Crippen molar-refractivity contribution in [2.75, 3.05) is 12.8 Å². The molecule has 5 heteroatoms. The summed E-state index contributed by atoms with van der Waals surface area (Å²) in [6.45, 7) is 2.01. The quantitative estimate of drug-likeness (QED) is 0.811. The monoisotopic (exact) mass is 237 g/mol. The maximum absolute atomic E-state index is 11.9. The SMILES string of the molecule is CCCc1c(N)nc(C(OC)C2CC2)[nH]c1=O. The molecule has 0 aromatic carbocycles. The minimum Gasteiger partial charge on any atom is -0.383 e. The molecular formula is C12H19N3O2. The third-order valence-electron chi connectivity index (χ3n) is 3.14. The molecular weight excluding hydrogens is 218 g/mol. The Hall–Kier alpha value is -1.36. The second-order valence-electron chi connectivity index (χ2n) is 4.56. The Balaban J connectivity index is 2.33. The fraction of sp³-hybridized carbons (Fsp3) is 0.667. The van der Waals surface area contributed by atoms with E-state index in [1.807, 2.05) is 6.92 Å². The largest absolute Gasteiger partial charge is 0.383 e. The summed E-state index contributed by atoms with van der Waals surface area (Å²) in [5, 5.41) is 0. The van der Waals surface area contributed by atoms with E-state index in [1.54, 1.807) is 7.11 Å². The summed E-state index contributed by atoms with van der Waals surface area (Å²) in [5.41, 5.74) is 6.29. The van der Waals surface area contributed by atoms with Crippen LogP contribution in [-0.2, 0) is 11.2 Å². The van der Waals surface area contributed by atoms with Crippen molar-refractivity contribution in [3.63, 3.8) is 0 Å². The molecule has 1 heterocycles. The molecule has 5 nitrogen and oxygen atoms in total. The van der Waals surface area contributed by atoms with Gasteiger partial charge in [0.2, 0.25) is 0 Å². The second-order valence-corrected chi connectivity index (χ2v) is 4.56. The van der Waals surface area contributed by atoms with E-state index < -0.39 is 0 Å². The lowest BCUT2D eigenvalue weighted by molar-refractivity contribution is 0.0771. The third kappa shape index (κ3) is 2.49. The Labute approximate surface area is 100 Å². The van der Waals surface area contributed by atoms with Crippen LogP contribution >= 0.6 is 0 Å². The van der Waals surface area contributed by atoms with Gasteiger partial charge in [-0.1, -0.05) is 13.3 Å². The number of nitrogen functional groups attached to an aromatic ring is 1. The number of nitrogens with two attached hydrogens (primary N) is 1. The van der Waals surface area contributed by atoms with Crippen molar-refractivity contribution in [3.05, 3.63) is 21.7 Å². The Morgan fingerprint density at radius 3 is 2.76 bits per heavy atom. The van der Waals surface area contributed by atoms with Gasteiger partial charge in [0.25, 0.3) is 5.56 Å².